The summed E-state index contributed by atoms with van der Waals surface area (Å²) in [6.45, 7) is 2.04. The molecule has 0 unspecified atom stereocenters. The number of aliphatic hydroxyl groups is 2. The molecule has 0 radical (unpaired) electrons. The molecule has 5 rings (SSSR count). The molecule has 3 N–H and O–H groups in total. The third-order valence-corrected chi connectivity index (χ3v) is 7.03. The van der Waals surface area contributed by atoms with Crippen molar-refractivity contribution in [2.24, 2.45) is 0 Å². The average molecular weight is 562 g/mol. The summed E-state index contributed by atoms with van der Waals surface area (Å²) in [5.41, 5.74) is 1.79. The number of anilines is 1. The largest absolute Gasteiger partial charge is 0.497 e. The smallest absolute Gasteiger partial charge is 0.360 e. The summed E-state index contributed by atoms with van der Waals surface area (Å²) < 4.78 is 27.8. The van der Waals surface area contributed by atoms with E-state index in [1.165, 1.54) is 6.07 Å². The van der Waals surface area contributed by atoms with Crippen molar-refractivity contribution in [3.8, 4) is 28.4 Å². The number of nitrogens with one attached hydrogen (secondary N) is 1. The first kappa shape index (κ1) is 28.2. The molecule has 41 heavy (non-hydrogen) atoms. The minimum Gasteiger partial charge on any atom is -0.497 e. The number of hydrogen-bond donors (Lipinski definition) is 3. The van der Waals surface area contributed by atoms with Crippen LogP contribution in [-0.2, 0) is 4.74 Å². The number of aryl methyl sites for hydroxylation is 1. The van der Waals surface area contributed by atoms with E-state index in [2.05, 4.69) is 5.32 Å². The maximum absolute atomic E-state index is 13.2. The van der Waals surface area contributed by atoms with Gasteiger partial charge in [0.1, 0.15) is 34.6 Å². The Kier molecular flexibility index (Phi) is 8.25. The molecule has 1 aliphatic rings. The maximum atomic E-state index is 13.2. The molecule has 10 nitrogen and oxygen atoms in total. The van der Waals surface area contributed by atoms with Crippen LogP contribution in [0.3, 0.4) is 0 Å². The van der Waals surface area contributed by atoms with Gasteiger partial charge in [-0.1, -0.05) is 12.1 Å². The highest BCUT2D eigenvalue weighted by molar-refractivity contribution is 6.05. The monoisotopic (exact) mass is 561 g/mol. The predicted octanol–water partition coefficient (Wildman–Crippen LogP) is 4.28. The Balaban J connectivity index is 1.40. The predicted molar refractivity (Wildman–Crippen MR) is 152 cm³/mol. The Morgan fingerprint density at radius 3 is 2.59 bits per heavy atom. The van der Waals surface area contributed by atoms with Crippen molar-refractivity contribution in [2.45, 2.75) is 38.3 Å². The highest BCUT2D eigenvalue weighted by atomic mass is 16.7. The molecule has 1 saturated heterocycles. The van der Waals surface area contributed by atoms with Gasteiger partial charge in [-0.25, -0.2) is 4.79 Å². The van der Waals surface area contributed by atoms with Gasteiger partial charge < -0.3 is 38.9 Å². The minimum atomic E-state index is -1.22. The molecule has 1 aromatic heterocycles. The lowest BCUT2D eigenvalue weighted by atomic mass is 10.0. The summed E-state index contributed by atoms with van der Waals surface area (Å²) >= 11 is 0. The van der Waals surface area contributed by atoms with E-state index in [4.69, 9.17) is 23.4 Å². The fraction of sp³-hybridized carbons (Fsp3) is 0.290. The summed E-state index contributed by atoms with van der Waals surface area (Å²) in [5.74, 6) is 1.06. The van der Waals surface area contributed by atoms with Crippen molar-refractivity contribution in [1.82, 2.24) is 0 Å². The second-order valence-corrected chi connectivity index (χ2v) is 9.71. The topological polar surface area (TPSA) is 137 Å². The van der Waals surface area contributed by atoms with Crippen LogP contribution in [0.1, 0.15) is 28.8 Å². The van der Waals surface area contributed by atoms with Crippen molar-refractivity contribution in [3.05, 3.63) is 82.2 Å². The Morgan fingerprint density at radius 1 is 1.00 bits per heavy atom. The van der Waals surface area contributed by atoms with Gasteiger partial charge in [-0.3, -0.25) is 4.79 Å². The van der Waals surface area contributed by atoms with Crippen LogP contribution in [0.15, 0.2) is 69.9 Å². The SMILES string of the molecule is COc1cccc(-c2cc(C(=O)Nc3cc4ccc(O[C@H]5OCCC[C@@H](O)[C@H]5O)c(C)c4oc3=O)ccc2OC)c1. The van der Waals surface area contributed by atoms with E-state index in [9.17, 15) is 19.8 Å². The third kappa shape index (κ3) is 5.90. The zero-order valence-corrected chi connectivity index (χ0v) is 22.9. The molecule has 3 aromatic carbocycles. The van der Waals surface area contributed by atoms with Gasteiger partial charge in [0.2, 0.25) is 6.29 Å². The molecule has 4 aromatic rings. The zero-order chi connectivity index (χ0) is 29.1. The van der Waals surface area contributed by atoms with Crippen LogP contribution in [0.25, 0.3) is 22.1 Å². The third-order valence-electron chi connectivity index (χ3n) is 7.03. The quantitative estimate of drug-likeness (QED) is 0.283. The van der Waals surface area contributed by atoms with Crippen LogP contribution in [-0.4, -0.2) is 55.4 Å². The molecule has 2 heterocycles. The number of ether oxygens (including phenoxy) is 4. The molecule has 10 heteroatoms. The van der Waals surface area contributed by atoms with Crippen molar-refractivity contribution < 1.29 is 38.4 Å². The van der Waals surface area contributed by atoms with Gasteiger partial charge in [-0.15, -0.1) is 0 Å². The molecule has 0 spiro atoms. The standard InChI is InChI=1S/C31H31NO9/c1-17-25(40-31-27(34)24(33)8-5-13-39-31)11-9-19-16-23(30(36)41-28(17)19)32-29(35)20-10-12-26(38-3)22(15-20)18-6-4-7-21(14-18)37-2/h4,6-7,9-12,14-16,24,27,31,33-34H,5,8,13H2,1-3H3,(H,32,35)/t24-,27-,31-/m1/s1. The normalized spacial score (nSPS) is 18.9. The molecule has 1 amide bonds. The van der Waals surface area contributed by atoms with E-state index in [1.54, 1.807) is 51.5 Å². The van der Waals surface area contributed by atoms with Gasteiger partial charge >= 0.3 is 5.63 Å². The molecule has 0 saturated carbocycles. The second kappa shape index (κ2) is 12.0. The van der Waals surface area contributed by atoms with Crippen LogP contribution in [0.5, 0.6) is 17.2 Å². The van der Waals surface area contributed by atoms with Crippen molar-refractivity contribution in [1.29, 1.82) is 0 Å². The summed E-state index contributed by atoms with van der Waals surface area (Å²) in [5, 5.41) is 23.6. The molecule has 0 bridgehead atoms. The van der Waals surface area contributed by atoms with E-state index in [-0.39, 0.29) is 11.3 Å². The number of amides is 1. The van der Waals surface area contributed by atoms with Gasteiger partial charge in [-0.2, -0.15) is 0 Å². The second-order valence-electron chi connectivity index (χ2n) is 9.71. The van der Waals surface area contributed by atoms with E-state index in [1.807, 2.05) is 24.3 Å². The number of methoxy groups -OCH3 is 2. The number of carbonyl (C=O) groups excluding carboxylic acids is 1. The number of aliphatic hydroxyl groups excluding tert-OH is 2. The van der Waals surface area contributed by atoms with Crippen molar-refractivity contribution >= 4 is 22.6 Å². The highest BCUT2D eigenvalue weighted by Gasteiger charge is 2.32. The fourth-order valence-electron chi connectivity index (χ4n) is 4.75. The Bertz CT molecular complexity index is 1630. The lowest BCUT2D eigenvalue weighted by Crippen LogP contribution is -2.40. The maximum Gasteiger partial charge on any atom is 0.360 e. The van der Waals surface area contributed by atoms with Crippen LogP contribution in [0.2, 0.25) is 0 Å². The molecule has 3 atom stereocenters. The molecular formula is C31H31NO9. The first-order valence-electron chi connectivity index (χ1n) is 13.1. The summed E-state index contributed by atoms with van der Waals surface area (Å²) in [4.78, 5) is 26.1. The van der Waals surface area contributed by atoms with E-state index in [0.29, 0.717) is 58.8 Å². The average Bonchev–Trinajstić information content (AvgIpc) is 3.14. The Morgan fingerprint density at radius 2 is 1.80 bits per heavy atom. The van der Waals surface area contributed by atoms with Gasteiger partial charge in [0.15, 0.2) is 0 Å². The number of rotatable bonds is 7. The fourth-order valence-corrected chi connectivity index (χ4v) is 4.75. The lowest BCUT2D eigenvalue weighted by Gasteiger charge is -2.25. The van der Waals surface area contributed by atoms with Gasteiger partial charge in [0, 0.05) is 22.1 Å². The Labute approximate surface area is 236 Å². The minimum absolute atomic E-state index is 0.0278. The number of benzene rings is 3. The van der Waals surface area contributed by atoms with Crippen LogP contribution in [0.4, 0.5) is 5.69 Å². The molecule has 214 valence electrons. The first-order valence-corrected chi connectivity index (χ1v) is 13.1. The van der Waals surface area contributed by atoms with Crippen molar-refractivity contribution in [2.75, 3.05) is 26.1 Å². The molecular weight excluding hydrogens is 530 g/mol. The lowest BCUT2D eigenvalue weighted by molar-refractivity contribution is -0.160. The Hall–Kier alpha value is -4.38. The van der Waals surface area contributed by atoms with Crippen molar-refractivity contribution in [3.63, 3.8) is 0 Å². The molecule has 1 aliphatic heterocycles. The zero-order valence-electron chi connectivity index (χ0n) is 22.9. The van der Waals surface area contributed by atoms with Crippen LogP contribution >= 0.6 is 0 Å². The summed E-state index contributed by atoms with van der Waals surface area (Å²) in [6.07, 6.45) is -2.26. The van der Waals surface area contributed by atoms with Crippen LogP contribution in [0, 0.1) is 6.92 Å². The summed E-state index contributed by atoms with van der Waals surface area (Å²) in [7, 11) is 3.12. The van der Waals surface area contributed by atoms with E-state index >= 15 is 0 Å². The van der Waals surface area contributed by atoms with Gasteiger partial charge in [0.05, 0.1) is 26.9 Å². The van der Waals surface area contributed by atoms with E-state index < -0.39 is 30.0 Å². The van der Waals surface area contributed by atoms with Crippen LogP contribution < -0.4 is 25.2 Å². The first-order chi connectivity index (χ1) is 19.8. The highest BCUT2D eigenvalue weighted by Crippen LogP contribution is 2.34. The van der Waals surface area contributed by atoms with Gasteiger partial charge in [0.25, 0.3) is 5.91 Å². The summed E-state index contributed by atoms with van der Waals surface area (Å²) in [6, 6.07) is 17.2. The number of fused-ring (bicyclic) bond motifs is 1. The van der Waals surface area contributed by atoms with Gasteiger partial charge in [-0.05, 0) is 73.9 Å². The number of hydrogen-bond acceptors (Lipinski definition) is 9. The number of carbonyl (C=O) groups is 1. The molecule has 1 fully saturated rings. The molecule has 0 aliphatic carbocycles. The van der Waals surface area contributed by atoms with E-state index in [0.717, 1.165) is 5.56 Å².